The van der Waals surface area contributed by atoms with E-state index in [4.69, 9.17) is 4.74 Å². The van der Waals surface area contributed by atoms with Crippen molar-refractivity contribution in [3.8, 4) is 17.1 Å². The standard InChI is InChI=1S/C24H26N6O2/c1-15-12-28-21(13-27-15)29-18-11-16-7-8-19(18)30(14-16)24(31)22-17(5-3-6-20(22)32-2)23-25-9-4-10-26-23/h3-6,9-10,12-13,16,18-19H,7-8,11,14H2,1-2H3,(H,28,29). The molecule has 8 heteroatoms. The van der Waals surface area contributed by atoms with Crippen LogP contribution in [0.3, 0.4) is 0 Å². The molecule has 0 radical (unpaired) electrons. The van der Waals surface area contributed by atoms with E-state index in [1.165, 1.54) is 0 Å². The predicted molar refractivity (Wildman–Crippen MR) is 120 cm³/mol. The molecule has 1 N–H and O–H groups in total. The van der Waals surface area contributed by atoms with Crippen LogP contribution in [0.2, 0.25) is 0 Å². The zero-order valence-corrected chi connectivity index (χ0v) is 18.2. The van der Waals surface area contributed by atoms with Gasteiger partial charge in [0.1, 0.15) is 11.6 Å². The lowest BCUT2D eigenvalue weighted by Gasteiger charge is -2.50. The van der Waals surface area contributed by atoms with Crippen molar-refractivity contribution in [3.63, 3.8) is 0 Å². The fourth-order valence-corrected chi connectivity index (χ4v) is 4.93. The Morgan fingerprint density at radius 2 is 1.94 bits per heavy atom. The lowest BCUT2D eigenvalue weighted by molar-refractivity contribution is 0.0280. The highest BCUT2D eigenvalue weighted by Crippen LogP contribution is 2.39. The molecule has 3 atom stereocenters. The summed E-state index contributed by atoms with van der Waals surface area (Å²) in [7, 11) is 1.59. The largest absolute Gasteiger partial charge is 0.496 e. The van der Waals surface area contributed by atoms with Crippen LogP contribution in [-0.4, -0.2) is 56.5 Å². The third-order valence-corrected chi connectivity index (χ3v) is 6.42. The van der Waals surface area contributed by atoms with E-state index in [2.05, 4.69) is 25.3 Å². The number of methoxy groups -OCH3 is 1. The molecule has 0 spiro atoms. The van der Waals surface area contributed by atoms with Gasteiger partial charge >= 0.3 is 0 Å². The fraction of sp³-hybridized carbons (Fsp3) is 0.375. The number of nitrogens with one attached hydrogen (secondary N) is 1. The molecule has 1 amide bonds. The minimum Gasteiger partial charge on any atom is -0.496 e. The first-order valence-corrected chi connectivity index (χ1v) is 10.9. The van der Waals surface area contributed by atoms with Crippen LogP contribution in [0.25, 0.3) is 11.4 Å². The van der Waals surface area contributed by atoms with Crippen molar-refractivity contribution in [3.05, 3.63) is 60.3 Å². The van der Waals surface area contributed by atoms with Gasteiger partial charge in [-0.1, -0.05) is 12.1 Å². The Labute approximate surface area is 187 Å². The molecule has 164 valence electrons. The fourth-order valence-electron chi connectivity index (χ4n) is 4.93. The molecule has 2 bridgehead atoms. The van der Waals surface area contributed by atoms with E-state index in [0.29, 0.717) is 28.6 Å². The molecule has 3 fully saturated rings. The average Bonchev–Trinajstić information content (AvgIpc) is 2.85. The number of carbonyl (C=O) groups excluding carboxylic acids is 1. The highest BCUT2D eigenvalue weighted by molar-refractivity contribution is 6.03. The Morgan fingerprint density at radius 3 is 2.66 bits per heavy atom. The number of nitrogens with zero attached hydrogens (tertiary/aromatic N) is 5. The second kappa shape index (κ2) is 8.53. The molecular formula is C24H26N6O2. The maximum atomic E-state index is 13.9. The Balaban J connectivity index is 1.47. The van der Waals surface area contributed by atoms with Crippen molar-refractivity contribution in [2.24, 2.45) is 5.92 Å². The van der Waals surface area contributed by atoms with Gasteiger partial charge in [-0.15, -0.1) is 0 Å². The summed E-state index contributed by atoms with van der Waals surface area (Å²) in [6, 6.07) is 7.53. The number of aromatic nitrogens is 4. The molecule has 8 nitrogen and oxygen atoms in total. The highest BCUT2D eigenvalue weighted by atomic mass is 16.5. The van der Waals surface area contributed by atoms with Crippen LogP contribution in [0.5, 0.6) is 5.75 Å². The number of anilines is 1. The first-order valence-electron chi connectivity index (χ1n) is 10.9. The predicted octanol–water partition coefficient (Wildman–Crippen LogP) is 3.36. The number of fused-ring (bicyclic) bond motifs is 3. The molecular weight excluding hydrogens is 404 g/mol. The highest BCUT2D eigenvalue weighted by Gasteiger charge is 2.44. The van der Waals surface area contributed by atoms with Gasteiger partial charge in [0.2, 0.25) is 0 Å². The molecule has 2 aliphatic heterocycles. The van der Waals surface area contributed by atoms with Crippen molar-refractivity contribution in [1.29, 1.82) is 0 Å². The van der Waals surface area contributed by atoms with Gasteiger partial charge in [-0.05, 0) is 44.2 Å². The molecule has 2 aromatic heterocycles. The van der Waals surface area contributed by atoms with Crippen LogP contribution < -0.4 is 10.1 Å². The molecule has 6 rings (SSSR count). The quantitative estimate of drug-likeness (QED) is 0.663. The van der Waals surface area contributed by atoms with E-state index < -0.39 is 0 Å². The summed E-state index contributed by atoms with van der Waals surface area (Å²) < 4.78 is 5.60. The number of amides is 1. The van der Waals surface area contributed by atoms with E-state index in [9.17, 15) is 4.79 Å². The Bertz CT molecular complexity index is 1110. The van der Waals surface area contributed by atoms with Crippen LogP contribution in [0, 0.1) is 12.8 Å². The first kappa shape index (κ1) is 20.4. The Morgan fingerprint density at radius 1 is 1.09 bits per heavy atom. The van der Waals surface area contributed by atoms with Gasteiger partial charge in [0.05, 0.1) is 36.8 Å². The molecule has 3 aliphatic rings. The maximum absolute atomic E-state index is 13.9. The number of hydrogen-bond donors (Lipinski definition) is 1. The number of ether oxygens (including phenoxy) is 1. The van der Waals surface area contributed by atoms with Gasteiger partial charge in [0.25, 0.3) is 5.91 Å². The number of carbonyl (C=O) groups is 1. The van der Waals surface area contributed by atoms with Gasteiger partial charge in [-0.2, -0.15) is 0 Å². The van der Waals surface area contributed by atoms with Crippen LogP contribution in [0.1, 0.15) is 35.3 Å². The summed E-state index contributed by atoms with van der Waals surface area (Å²) in [6.45, 7) is 2.66. The van der Waals surface area contributed by atoms with Crippen LogP contribution in [0.4, 0.5) is 5.82 Å². The monoisotopic (exact) mass is 430 g/mol. The van der Waals surface area contributed by atoms with Gasteiger partial charge in [-0.25, -0.2) is 15.0 Å². The summed E-state index contributed by atoms with van der Waals surface area (Å²) in [5.41, 5.74) is 2.08. The maximum Gasteiger partial charge on any atom is 0.258 e. The smallest absolute Gasteiger partial charge is 0.258 e. The van der Waals surface area contributed by atoms with E-state index >= 15 is 0 Å². The number of hydrogen-bond acceptors (Lipinski definition) is 7. The molecule has 3 unspecified atom stereocenters. The van der Waals surface area contributed by atoms with Gasteiger partial charge in [0, 0.05) is 30.5 Å². The molecule has 1 aliphatic carbocycles. The Kier molecular flexibility index (Phi) is 5.43. The summed E-state index contributed by atoms with van der Waals surface area (Å²) >= 11 is 0. The lowest BCUT2D eigenvalue weighted by Crippen LogP contribution is -2.59. The second-order valence-corrected chi connectivity index (χ2v) is 8.45. The zero-order valence-electron chi connectivity index (χ0n) is 18.2. The van der Waals surface area contributed by atoms with Gasteiger partial charge in [-0.3, -0.25) is 9.78 Å². The summed E-state index contributed by atoms with van der Waals surface area (Å²) in [6.07, 6.45) is 9.99. The summed E-state index contributed by atoms with van der Waals surface area (Å²) in [5, 5.41) is 3.53. The number of piperidine rings is 2. The van der Waals surface area contributed by atoms with Crippen LogP contribution >= 0.6 is 0 Å². The average molecular weight is 431 g/mol. The minimum absolute atomic E-state index is 0.0407. The van der Waals surface area contributed by atoms with Crippen molar-refractivity contribution < 1.29 is 9.53 Å². The van der Waals surface area contributed by atoms with E-state index in [0.717, 1.165) is 37.3 Å². The molecule has 1 saturated carbocycles. The van der Waals surface area contributed by atoms with Crippen molar-refractivity contribution in [2.75, 3.05) is 19.0 Å². The molecule has 4 heterocycles. The topological polar surface area (TPSA) is 93.1 Å². The van der Waals surface area contributed by atoms with Gasteiger partial charge in [0.15, 0.2) is 5.82 Å². The van der Waals surface area contributed by atoms with E-state index in [-0.39, 0.29) is 18.0 Å². The normalized spacial score (nSPS) is 21.9. The summed E-state index contributed by atoms with van der Waals surface area (Å²) in [4.78, 5) is 33.5. The van der Waals surface area contributed by atoms with E-state index in [1.54, 1.807) is 38.0 Å². The van der Waals surface area contributed by atoms with E-state index in [1.807, 2.05) is 30.0 Å². The SMILES string of the molecule is COc1cccc(-c2ncccn2)c1C(=O)N1CC2CCC1C(Nc1cnc(C)cn1)C2. The number of benzene rings is 1. The zero-order chi connectivity index (χ0) is 22.1. The molecule has 1 aromatic carbocycles. The van der Waals surface area contributed by atoms with Crippen LogP contribution in [0.15, 0.2) is 49.1 Å². The number of rotatable bonds is 5. The minimum atomic E-state index is -0.0407. The third-order valence-electron chi connectivity index (χ3n) is 6.42. The lowest BCUT2D eigenvalue weighted by atomic mass is 9.76. The number of aryl methyl sites for hydroxylation is 1. The van der Waals surface area contributed by atoms with Crippen molar-refractivity contribution >= 4 is 11.7 Å². The first-order chi connectivity index (χ1) is 15.6. The Hall–Kier alpha value is -3.55. The molecule has 2 saturated heterocycles. The van der Waals surface area contributed by atoms with Gasteiger partial charge < -0.3 is 15.0 Å². The van der Waals surface area contributed by atoms with Crippen LogP contribution in [-0.2, 0) is 0 Å². The van der Waals surface area contributed by atoms with Crippen molar-refractivity contribution in [1.82, 2.24) is 24.8 Å². The molecule has 32 heavy (non-hydrogen) atoms. The third kappa shape index (κ3) is 3.77. The molecule has 3 aromatic rings. The summed E-state index contributed by atoms with van der Waals surface area (Å²) in [5.74, 6) is 2.21. The van der Waals surface area contributed by atoms with Crippen molar-refractivity contribution in [2.45, 2.75) is 38.3 Å². The second-order valence-electron chi connectivity index (χ2n) is 8.45.